The molecule has 66 valence electrons. The summed E-state index contributed by atoms with van der Waals surface area (Å²) in [6.07, 6.45) is 1.67. The lowest BCUT2D eigenvalue weighted by atomic mass is 10.2. The molecule has 2 aromatic rings. The maximum Gasteiger partial charge on any atom is 0.133 e. The van der Waals surface area contributed by atoms with Crippen LogP contribution in [-0.4, -0.2) is 0 Å². The average molecular weight is 302 g/mol. The van der Waals surface area contributed by atoms with Gasteiger partial charge in [-0.15, -0.1) is 0 Å². The quantitative estimate of drug-likeness (QED) is 0.757. The molecular weight excluding hydrogens is 296 g/mol. The van der Waals surface area contributed by atoms with Gasteiger partial charge in [-0.05, 0) is 56.1 Å². The Morgan fingerprint density at radius 2 is 1.85 bits per heavy atom. The third-order valence-corrected chi connectivity index (χ3v) is 3.60. The number of rotatable bonds is 1. The molecule has 0 fully saturated rings. The Hall–Kier alpha value is -0.540. The highest BCUT2D eigenvalue weighted by molar-refractivity contribution is 9.13. The highest BCUT2D eigenvalue weighted by Gasteiger charge is 2.02. The van der Waals surface area contributed by atoms with E-state index in [1.807, 2.05) is 30.3 Å². The lowest BCUT2D eigenvalue weighted by Gasteiger charge is -1.99. The Kier molecular flexibility index (Phi) is 2.56. The van der Waals surface area contributed by atoms with E-state index >= 15 is 0 Å². The Morgan fingerprint density at radius 1 is 1.00 bits per heavy atom. The fourth-order valence-corrected chi connectivity index (χ4v) is 1.72. The van der Waals surface area contributed by atoms with Gasteiger partial charge in [-0.1, -0.05) is 6.07 Å². The van der Waals surface area contributed by atoms with Crippen LogP contribution in [0.4, 0.5) is 0 Å². The van der Waals surface area contributed by atoms with Gasteiger partial charge in [-0.2, -0.15) is 0 Å². The molecule has 2 rings (SSSR count). The van der Waals surface area contributed by atoms with Gasteiger partial charge in [0, 0.05) is 14.5 Å². The van der Waals surface area contributed by atoms with Gasteiger partial charge in [0.15, 0.2) is 0 Å². The van der Waals surface area contributed by atoms with Crippen molar-refractivity contribution >= 4 is 31.9 Å². The molecule has 1 heterocycles. The SMILES string of the molecule is Brc1ccc(-c2ccco2)cc1Br. The Morgan fingerprint density at radius 3 is 2.46 bits per heavy atom. The molecule has 0 aliphatic rings. The van der Waals surface area contributed by atoms with E-state index in [0.717, 1.165) is 20.3 Å². The van der Waals surface area contributed by atoms with Gasteiger partial charge < -0.3 is 4.42 Å². The highest BCUT2D eigenvalue weighted by Crippen LogP contribution is 2.29. The van der Waals surface area contributed by atoms with Crippen molar-refractivity contribution < 1.29 is 4.42 Å². The minimum Gasteiger partial charge on any atom is -0.464 e. The van der Waals surface area contributed by atoms with E-state index < -0.39 is 0 Å². The summed E-state index contributed by atoms with van der Waals surface area (Å²) in [5, 5.41) is 0. The molecule has 1 aromatic heterocycles. The van der Waals surface area contributed by atoms with Crippen LogP contribution in [0.25, 0.3) is 11.3 Å². The fraction of sp³-hybridized carbons (Fsp3) is 0. The second kappa shape index (κ2) is 3.68. The maximum atomic E-state index is 5.28. The lowest BCUT2D eigenvalue weighted by molar-refractivity contribution is 0.582. The van der Waals surface area contributed by atoms with Crippen molar-refractivity contribution in [3.63, 3.8) is 0 Å². The number of hydrogen-bond acceptors (Lipinski definition) is 1. The molecule has 3 heteroatoms. The van der Waals surface area contributed by atoms with Crippen LogP contribution in [0, 0.1) is 0 Å². The fourth-order valence-electron chi connectivity index (χ4n) is 1.09. The minimum absolute atomic E-state index is 0.883. The number of halogens is 2. The summed E-state index contributed by atoms with van der Waals surface area (Å²) in [7, 11) is 0. The molecular formula is C10H6Br2O. The summed E-state index contributed by atoms with van der Waals surface area (Å²) in [4.78, 5) is 0. The summed E-state index contributed by atoms with van der Waals surface area (Å²) in [5.41, 5.74) is 1.07. The van der Waals surface area contributed by atoms with Gasteiger partial charge in [-0.3, -0.25) is 0 Å². The number of furan rings is 1. The van der Waals surface area contributed by atoms with Crippen molar-refractivity contribution in [2.45, 2.75) is 0 Å². The van der Waals surface area contributed by atoms with E-state index in [9.17, 15) is 0 Å². The van der Waals surface area contributed by atoms with Crippen LogP contribution in [0.2, 0.25) is 0 Å². The minimum atomic E-state index is 0.883. The molecule has 0 bridgehead atoms. The highest BCUT2D eigenvalue weighted by atomic mass is 79.9. The number of benzene rings is 1. The lowest BCUT2D eigenvalue weighted by Crippen LogP contribution is -1.74. The van der Waals surface area contributed by atoms with Crippen molar-refractivity contribution in [1.82, 2.24) is 0 Å². The molecule has 1 aromatic carbocycles. The van der Waals surface area contributed by atoms with Crippen LogP contribution in [0.1, 0.15) is 0 Å². The third kappa shape index (κ3) is 1.86. The molecule has 0 saturated heterocycles. The molecule has 0 aliphatic carbocycles. The van der Waals surface area contributed by atoms with Crippen LogP contribution >= 0.6 is 31.9 Å². The van der Waals surface area contributed by atoms with Crippen LogP contribution in [0.15, 0.2) is 50.0 Å². The zero-order valence-electron chi connectivity index (χ0n) is 6.63. The van der Waals surface area contributed by atoms with E-state index in [1.165, 1.54) is 0 Å². The molecule has 0 unspecified atom stereocenters. The Labute approximate surface area is 93.0 Å². The summed E-state index contributed by atoms with van der Waals surface area (Å²) in [6, 6.07) is 9.83. The normalized spacial score (nSPS) is 10.3. The predicted molar refractivity (Wildman–Crippen MR) is 59.5 cm³/mol. The van der Waals surface area contributed by atoms with Crippen molar-refractivity contribution in [3.05, 3.63) is 45.5 Å². The molecule has 0 saturated carbocycles. The van der Waals surface area contributed by atoms with Crippen molar-refractivity contribution in [1.29, 1.82) is 0 Å². The Bertz CT molecular complexity index is 407. The zero-order chi connectivity index (χ0) is 9.26. The van der Waals surface area contributed by atoms with Crippen molar-refractivity contribution in [2.75, 3.05) is 0 Å². The summed E-state index contributed by atoms with van der Waals surface area (Å²) in [5.74, 6) is 0.883. The zero-order valence-corrected chi connectivity index (χ0v) is 9.80. The average Bonchev–Trinajstić information content (AvgIpc) is 2.62. The van der Waals surface area contributed by atoms with Gasteiger partial charge in [0.05, 0.1) is 6.26 Å². The predicted octanol–water partition coefficient (Wildman–Crippen LogP) is 4.47. The van der Waals surface area contributed by atoms with Gasteiger partial charge in [0.2, 0.25) is 0 Å². The summed E-state index contributed by atoms with van der Waals surface area (Å²) < 4.78 is 7.35. The topological polar surface area (TPSA) is 13.1 Å². The van der Waals surface area contributed by atoms with Crippen LogP contribution in [0.3, 0.4) is 0 Å². The van der Waals surface area contributed by atoms with Crippen LogP contribution in [0.5, 0.6) is 0 Å². The Balaban J connectivity index is 2.49. The van der Waals surface area contributed by atoms with E-state index in [1.54, 1.807) is 6.26 Å². The molecule has 0 atom stereocenters. The first kappa shape index (κ1) is 9.03. The van der Waals surface area contributed by atoms with Crippen molar-refractivity contribution in [3.8, 4) is 11.3 Å². The largest absolute Gasteiger partial charge is 0.464 e. The monoisotopic (exact) mass is 300 g/mol. The molecule has 13 heavy (non-hydrogen) atoms. The molecule has 0 N–H and O–H groups in total. The second-order valence-electron chi connectivity index (χ2n) is 2.61. The molecule has 0 amide bonds. The summed E-state index contributed by atoms with van der Waals surface area (Å²) in [6.45, 7) is 0. The van der Waals surface area contributed by atoms with E-state index in [-0.39, 0.29) is 0 Å². The van der Waals surface area contributed by atoms with Gasteiger partial charge in [0.1, 0.15) is 5.76 Å². The third-order valence-electron chi connectivity index (χ3n) is 1.73. The van der Waals surface area contributed by atoms with E-state index in [4.69, 9.17) is 4.42 Å². The smallest absolute Gasteiger partial charge is 0.133 e. The standard InChI is InChI=1S/C10H6Br2O/c11-8-4-3-7(6-9(8)12)10-2-1-5-13-10/h1-6H. The molecule has 0 spiro atoms. The first-order chi connectivity index (χ1) is 6.27. The maximum absolute atomic E-state index is 5.28. The molecule has 0 radical (unpaired) electrons. The van der Waals surface area contributed by atoms with Crippen LogP contribution < -0.4 is 0 Å². The number of hydrogen-bond donors (Lipinski definition) is 0. The summed E-state index contributed by atoms with van der Waals surface area (Å²) >= 11 is 6.86. The van der Waals surface area contributed by atoms with Gasteiger partial charge in [0.25, 0.3) is 0 Å². The molecule has 1 nitrogen and oxygen atoms in total. The van der Waals surface area contributed by atoms with Crippen LogP contribution in [-0.2, 0) is 0 Å². The van der Waals surface area contributed by atoms with E-state index in [2.05, 4.69) is 31.9 Å². The van der Waals surface area contributed by atoms with Crippen molar-refractivity contribution in [2.24, 2.45) is 0 Å². The van der Waals surface area contributed by atoms with Gasteiger partial charge >= 0.3 is 0 Å². The van der Waals surface area contributed by atoms with E-state index in [0.29, 0.717) is 0 Å². The first-order valence-corrected chi connectivity index (χ1v) is 5.35. The first-order valence-electron chi connectivity index (χ1n) is 3.76. The molecule has 0 aliphatic heterocycles. The second-order valence-corrected chi connectivity index (χ2v) is 4.31. The van der Waals surface area contributed by atoms with Gasteiger partial charge in [-0.25, -0.2) is 0 Å².